The number of halogens is 1. The number of carbonyl (C=O) groups excluding carboxylic acids is 1. The van der Waals surface area contributed by atoms with Gasteiger partial charge in [-0.25, -0.2) is 4.98 Å². The maximum absolute atomic E-state index is 10.5. The zero-order valence-corrected chi connectivity index (χ0v) is 7.43. The lowest BCUT2D eigenvalue weighted by Gasteiger charge is -2.00. The molecule has 1 amide bonds. The minimum atomic E-state index is -0.0724. The van der Waals surface area contributed by atoms with Crippen molar-refractivity contribution in [1.29, 1.82) is 0 Å². The van der Waals surface area contributed by atoms with Crippen LogP contribution in [0.15, 0.2) is 18.2 Å². The number of aromatic nitrogens is 1. The molecule has 1 heterocycles. The second kappa shape index (κ2) is 4.07. The van der Waals surface area contributed by atoms with Crippen LogP contribution in [0.25, 0.3) is 0 Å². The molecule has 0 saturated carbocycles. The van der Waals surface area contributed by atoms with E-state index in [0.29, 0.717) is 11.7 Å². The van der Waals surface area contributed by atoms with Gasteiger partial charge in [-0.1, -0.05) is 17.7 Å². The highest BCUT2D eigenvalue weighted by Gasteiger charge is 1.95. The Kier molecular flexibility index (Phi) is 3.05. The Bertz CT molecular complexity index is 288. The summed E-state index contributed by atoms with van der Waals surface area (Å²) >= 11 is 5.64. The van der Waals surface area contributed by atoms with Gasteiger partial charge in [-0.15, -0.1) is 0 Å². The molecule has 0 bridgehead atoms. The summed E-state index contributed by atoms with van der Waals surface area (Å²) in [5.74, 6) is -0.0724. The van der Waals surface area contributed by atoms with E-state index in [9.17, 15) is 4.79 Å². The van der Waals surface area contributed by atoms with Crippen LogP contribution < -0.4 is 5.32 Å². The molecule has 4 heteroatoms. The second-order valence-corrected chi connectivity index (χ2v) is 2.75. The number of nitrogens with zero attached hydrogens (tertiary/aromatic N) is 1. The van der Waals surface area contributed by atoms with E-state index < -0.39 is 0 Å². The normalized spacial score (nSPS) is 9.50. The first-order valence-electron chi connectivity index (χ1n) is 3.54. The van der Waals surface area contributed by atoms with Crippen LogP contribution in [0.5, 0.6) is 0 Å². The smallest absolute Gasteiger partial charge is 0.217 e. The van der Waals surface area contributed by atoms with Crippen molar-refractivity contribution < 1.29 is 4.79 Å². The predicted octanol–water partition coefficient (Wildman–Crippen LogP) is 1.37. The Morgan fingerprint density at radius 3 is 3.00 bits per heavy atom. The van der Waals surface area contributed by atoms with Gasteiger partial charge >= 0.3 is 0 Å². The van der Waals surface area contributed by atoms with Gasteiger partial charge in [-0.05, 0) is 12.1 Å². The third kappa shape index (κ3) is 2.88. The summed E-state index contributed by atoms with van der Waals surface area (Å²) in [6.45, 7) is 1.89. The summed E-state index contributed by atoms with van der Waals surface area (Å²) in [4.78, 5) is 14.5. The minimum Gasteiger partial charge on any atom is -0.351 e. The monoisotopic (exact) mass is 184 g/mol. The van der Waals surface area contributed by atoms with Gasteiger partial charge in [0.05, 0.1) is 12.2 Å². The quantitative estimate of drug-likeness (QED) is 0.706. The Labute approximate surface area is 75.8 Å². The van der Waals surface area contributed by atoms with Crippen molar-refractivity contribution in [3.8, 4) is 0 Å². The summed E-state index contributed by atoms with van der Waals surface area (Å²) in [7, 11) is 0. The van der Waals surface area contributed by atoms with Crippen molar-refractivity contribution >= 4 is 17.5 Å². The van der Waals surface area contributed by atoms with Gasteiger partial charge < -0.3 is 5.32 Å². The highest BCUT2D eigenvalue weighted by molar-refractivity contribution is 6.29. The van der Waals surface area contributed by atoms with Crippen LogP contribution in [0.1, 0.15) is 12.6 Å². The lowest BCUT2D eigenvalue weighted by Crippen LogP contribution is -2.19. The maximum Gasteiger partial charge on any atom is 0.217 e. The van der Waals surface area contributed by atoms with Crippen LogP contribution in [-0.4, -0.2) is 10.9 Å². The summed E-state index contributed by atoms with van der Waals surface area (Å²) in [6, 6.07) is 5.30. The first kappa shape index (κ1) is 9.00. The van der Waals surface area contributed by atoms with Crippen molar-refractivity contribution in [2.45, 2.75) is 13.5 Å². The Hall–Kier alpha value is -1.09. The third-order valence-electron chi connectivity index (χ3n) is 1.29. The molecule has 1 aromatic rings. The maximum atomic E-state index is 10.5. The molecule has 0 aromatic carbocycles. The molecule has 1 N–H and O–H groups in total. The van der Waals surface area contributed by atoms with E-state index in [2.05, 4.69) is 10.3 Å². The fraction of sp³-hybridized carbons (Fsp3) is 0.250. The summed E-state index contributed by atoms with van der Waals surface area (Å²) in [5.41, 5.74) is 0.762. The number of pyridine rings is 1. The van der Waals surface area contributed by atoms with E-state index in [1.54, 1.807) is 12.1 Å². The molecule has 0 aliphatic rings. The van der Waals surface area contributed by atoms with Crippen LogP contribution in [0.3, 0.4) is 0 Å². The molecule has 0 fully saturated rings. The van der Waals surface area contributed by atoms with Gasteiger partial charge in [0.15, 0.2) is 0 Å². The van der Waals surface area contributed by atoms with Crippen LogP contribution in [0.2, 0.25) is 5.15 Å². The van der Waals surface area contributed by atoms with Crippen molar-refractivity contribution in [3.05, 3.63) is 29.0 Å². The number of hydrogen-bond acceptors (Lipinski definition) is 2. The van der Waals surface area contributed by atoms with E-state index in [1.807, 2.05) is 6.07 Å². The summed E-state index contributed by atoms with van der Waals surface area (Å²) < 4.78 is 0. The molecule has 0 saturated heterocycles. The molecule has 0 atom stereocenters. The third-order valence-corrected chi connectivity index (χ3v) is 1.50. The molecule has 0 aliphatic carbocycles. The number of rotatable bonds is 2. The number of amides is 1. The molecular formula is C8H9ClN2O. The fourth-order valence-electron chi connectivity index (χ4n) is 0.764. The van der Waals surface area contributed by atoms with Crippen LogP contribution >= 0.6 is 11.6 Å². The zero-order chi connectivity index (χ0) is 8.97. The first-order chi connectivity index (χ1) is 5.68. The fourth-order valence-corrected chi connectivity index (χ4v) is 0.945. The van der Waals surface area contributed by atoms with Crippen molar-refractivity contribution in [3.63, 3.8) is 0 Å². The highest BCUT2D eigenvalue weighted by Crippen LogP contribution is 2.04. The zero-order valence-electron chi connectivity index (χ0n) is 6.67. The lowest BCUT2D eigenvalue weighted by atomic mass is 10.3. The SMILES string of the molecule is CC(=O)NCc1cccc(Cl)n1. The highest BCUT2D eigenvalue weighted by atomic mass is 35.5. The Balaban J connectivity index is 2.57. The van der Waals surface area contributed by atoms with Gasteiger partial charge in [0.25, 0.3) is 0 Å². The molecule has 0 unspecified atom stereocenters. The van der Waals surface area contributed by atoms with Gasteiger partial charge in [0.2, 0.25) is 5.91 Å². The van der Waals surface area contributed by atoms with E-state index in [4.69, 9.17) is 11.6 Å². The molecular weight excluding hydrogens is 176 g/mol. The molecule has 12 heavy (non-hydrogen) atoms. The molecule has 1 rings (SSSR count). The molecule has 0 aliphatic heterocycles. The van der Waals surface area contributed by atoms with E-state index >= 15 is 0 Å². The number of nitrogens with one attached hydrogen (secondary N) is 1. The standard InChI is InChI=1S/C8H9ClN2O/c1-6(12)10-5-7-3-2-4-8(9)11-7/h2-4H,5H2,1H3,(H,10,12). The van der Waals surface area contributed by atoms with Crippen LogP contribution in [0.4, 0.5) is 0 Å². The van der Waals surface area contributed by atoms with Gasteiger partial charge in [0, 0.05) is 6.92 Å². The minimum absolute atomic E-state index is 0.0724. The average Bonchev–Trinajstić information content (AvgIpc) is 2.01. The summed E-state index contributed by atoms with van der Waals surface area (Å²) in [6.07, 6.45) is 0. The van der Waals surface area contributed by atoms with Crippen molar-refractivity contribution in [2.75, 3.05) is 0 Å². The van der Waals surface area contributed by atoms with Crippen LogP contribution in [0, 0.1) is 0 Å². The largest absolute Gasteiger partial charge is 0.351 e. The second-order valence-electron chi connectivity index (χ2n) is 2.36. The summed E-state index contributed by atoms with van der Waals surface area (Å²) in [5, 5.41) is 3.07. The Morgan fingerprint density at radius 1 is 1.67 bits per heavy atom. The molecule has 64 valence electrons. The van der Waals surface area contributed by atoms with Crippen molar-refractivity contribution in [2.24, 2.45) is 0 Å². The van der Waals surface area contributed by atoms with E-state index in [-0.39, 0.29) is 5.91 Å². The van der Waals surface area contributed by atoms with E-state index in [1.165, 1.54) is 6.92 Å². The lowest BCUT2D eigenvalue weighted by molar-refractivity contribution is -0.119. The van der Waals surface area contributed by atoms with Crippen molar-refractivity contribution in [1.82, 2.24) is 10.3 Å². The molecule has 0 radical (unpaired) electrons. The Morgan fingerprint density at radius 2 is 2.42 bits per heavy atom. The molecule has 0 spiro atoms. The first-order valence-corrected chi connectivity index (χ1v) is 3.92. The molecule has 3 nitrogen and oxygen atoms in total. The predicted molar refractivity (Wildman–Crippen MR) is 46.8 cm³/mol. The van der Waals surface area contributed by atoms with Gasteiger partial charge in [0.1, 0.15) is 5.15 Å². The van der Waals surface area contributed by atoms with Gasteiger partial charge in [-0.2, -0.15) is 0 Å². The number of hydrogen-bond donors (Lipinski definition) is 1. The van der Waals surface area contributed by atoms with E-state index in [0.717, 1.165) is 5.69 Å². The van der Waals surface area contributed by atoms with Crippen LogP contribution in [-0.2, 0) is 11.3 Å². The molecule has 1 aromatic heterocycles. The average molecular weight is 185 g/mol. The number of carbonyl (C=O) groups is 1. The van der Waals surface area contributed by atoms with Gasteiger partial charge in [-0.3, -0.25) is 4.79 Å². The topological polar surface area (TPSA) is 42.0 Å².